The van der Waals surface area contributed by atoms with Gasteiger partial charge in [-0.1, -0.05) is 58.0 Å². The van der Waals surface area contributed by atoms with Gasteiger partial charge >= 0.3 is 10.1 Å². The fourth-order valence-electron chi connectivity index (χ4n) is 2.14. The first kappa shape index (κ1) is 23.1. The van der Waals surface area contributed by atoms with Gasteiger partial charge in [0.2, 0.25) is 0 Å². The average Bonchev–Trinajstić information content (AvgIpc) is 2.75. The van der Waals surface area contributed by atoms with Crippen LogP contribution in [0.2, 0.25) is 15.2 Å². The quantitative estimate of drug-likeness (QED) is 0.232. The second kappa shape index (κ2) is 8.31. The Morgan fingerprint density at radius 1 is 1.07 bits per heavy atom. The molecule has 0 spiro atoms. The number of benzene rings is 1. The molecule has 2 rings (SSSR count). The summed E-state index contributed by atoms with van der Waals surface area (Å²) in [6, 6.07) is 3.13. The Kier molecular flexibility index (Phi) is 7.12. The predicted molar refractivity (Wildman–Crippen MR) is 104 cm³/mol. The van der Waals surface area contributed by atoms with Gasteiger partial charge in [0.1, 0.15) is 16.8 Å². The number of hydrogen-bond acceptors (Lipinski definition) is 3. The van der Waals surface area contributed by atoms with Crippen molar-refractivity contribution in [2.75, 3.05) is 6.26 Å². The Labute approximate surface area is 184 Å². The Bertz CT molecular complexity index is 909. The second-order valence-corrected chi connectivity index (χ2v) is 9.61. The van der Waals surface area contributed by atoms with Gasteiger partial charge in [0, 0.05) is 0 Å². The lowest BCUT2D eigenvalue weighted by atomic mass is 10.2. The molecule has 0 fully saturated rings. The van der Waals surface area contributed by atoms with Crippen molar-refractivity contribution in [1.29, 1.82) is 5.26 Å². The van der Waals surface area contributed by atoms with Gasteiger partial charge in [-0.15, -0.1) is 11.8 Å². The van der Waals surface area contributed by atoms with Gasteiger partial charge in [-0.2, -0.15) is 22.8 Å². The van der Waals surface area contributed by atoms with Crippen molar-refractivity contribution < 1.29 is 17.6 Å². The molecule has 1 aromatic carbocycles. The van der Waals surface area contributed by atoms with Crippen LogP contribution in [-0.4, -0.2) is 14.7 Å². The standard InChI is InChI=1S/C14H5Cl5F4N2S2/c1-26-12-10(27-14(18,19)23)6(4-24)11(17)25(12)9-7(15)2-5(3-8(9)16)13(20,21)22/h2-3H,1H3. The largest absolute Gasteiger partial charge is 0.416 e. The molecule has 0 amide bonds. The van der Waals surface area contributed by atoms with E-state index >= 15 is 0 Å². The zero-order chi connectivity index (χ0) is 20.7. The maximum Gasteiger partial charge on any atom is 0.416 e. The van der Waals surface area contributed by atoms with Gasteiger partial charge in [0.05, 0.1) is 31.2 Å². The van der Waals surface area contributed by atoms with E-state index in [1.165, 1.54) is 0 Å². The molecule has 0 aliphatic carbocycles. The van der Waals surface area contributed by atoms with E-state index in [9.17, 15) is 22.8 Å². The Balaban J connectivity index is 2.83. The Morgan fingerprint density at radius 2 is 1.59 bits per heavy atom. The first-order valence-corrected chi connectivity index (χ1v) is 10.5. The molecular formula is C14H5Cl5F4N2S2. The van der Waals surface area contributed by atoms with Crippen LogP contribution in [0.25, 0.3) is 5.69 Å². The highest BCUT2D eigenvalue weighted by Gasteiger charge is 2.35. The number of nitriles is 1. The first-order chi connectivity index (χ1) is 12.3. The van der Waals surface area contributed by atoms with E-state index in [0.29, 0.717) is 23.9 Å². The molecule has 0 aliphatic heterocycles. The van der Waals surface area contributed by atoms with Crippen LogP contribution in [0, 0.1) is 11.3 Å². The van der Waals surface area contributed by atoms with E-state index in [4.69, 9.17) is 58.0 Å². The summed E-state index contributed by atoms with van der Waals surface area (Å²) in [7, 11) is 0. The third-order valence-electron chi connectivity index (χ3n) is 3.12. The molecule has 0 saturated heterocycles. The molecule has 27 heavy (non-hydrogen) atoms. The smallest absolute Gasteiger partial charge is 0.290 e. The lowest BCUT2D eigenvalue weighted by Crippen LogP contribution is -2.07. The third-order valence-corrected chi connectivity index (χ3v) is 6.25. The molecule has 0 unspecified atom stereocenters. The lowest BCUT2D eigenvalue weighted by molar-refractivity contribution is -0.137. The van der Waals surface area contributed by atoms with Gasteiger partial charge in [0.25, 0.3) is 0 Å². The van der Waals surface area contributed by atoms with Crippen molar-refractivity contribution in [3.05, 3.63) is 38.5 Å². The van der Waals surface area contributed by atoms with Crippen LogP contribution in [0.15, 0.2) is 22.1 Å². The van der Waals surface area contributed by atoms with Crippen LogP contribution < -0.4 is 0 Å². The van der Waals surface area contributed by atoms with E-state index < -0.39 is 15.7 Å². The van der Waals surface area contributed by atoms with E-state index in [1.54, 1.807) is 12.3 Å². The van der Waals surface area contributed by atoms with E-state index in [2.05, 4.69) is 0 Å². The van der Waals surface area contributed by atoms with Crippen LogP contribution in [-0.2, 0) is 6.18 Å². The molecule has 2 aromatic rings. The minimum Gasteiger partial charge on any atom is -0.290 e. The maximum atomic E-state index is 13.7. The van der Waals surface area contributed by atoms with Gasteiger partial charge in [0.15, 0.2) is 0 Å². The highest BCUT2D eigenvalue weighted by Crippen LogP contribution is 2.51. The summed E-state index contributed by atoms with van der Waals surface area (Å²) < 4.78 is 50.9. The van der Waals surface area contributed by atoms with Crippen LogP contribution >= 0.6 is 81.5 Å². The second-order valence-electron chi connectivity index (χ2n) is 4.79. The molecule has 146 valence electrons. The normalized spacial score (nSPS) is 12.3. The van der Waals surface area contributed by atoms with Crippen molar-refractivity contribution in [2.45, 2.75) is 20.0 Å². The Morgan fingerprint density at radius 3 is 1.96 bits per heavy atom. The molecule has 13 heteroatoms. The summed E-state index contributed by atoms with van der Waals surface area (Å²) in [5, 5.41) is 8.58. The van der Waals surface area contributed by atoms with Crippen LogP contribution in [0.3, 0.4) is 0 Å². The first-order valence-electron chi connectivity index (χ1n) is 6.52. The highest BCUT2D eigenvalue weighted by atomic mass is 35.5. The fraction of sp³-hybridized carbons (Fsp3) is 0.214. The number of alkyl halides is 6. The van der Waals surface area contributed by atoms with Crippen molar-refractivity contribution in [3.63, 3.8) is 0 Å². The molecule has 1 aromatic heterocycles. The highest BCUT2D eigenvalue weighted by molar-refractivity contribution is 8.04. The minimum absolute atomic E-state index is 0.00506. The summed E-state index contributed by atoms with van der Waals surface area (Å²) in [4.78, 5) is -0.00506. The number of hydrogen-bond donors (Lipinski definition) is 0. The fourth-order valence-corrected chi connectivity index (χ4v) is 5.35. The van der Waals surface area contributed by atoms with E-state index in [-0.39, 0.29) is 36.4 Å². The number of nitrogens with zero attached hydrogens (tertiary/aromatic N) is 2. The van der Waals surface area contributed by atoms with Crippen molar-refractivity contribution in [2.24, 2.45) is 0 Å². The predicted octanol–water partition coefficient (Wildman–Crippen LogP) is 8.20. The van der Waals surface area contributed by atoms with Crippen molar-refractivity contribution >= 4 is 81.5 Å². The summed E-state index contributed by atoms with van der Waals surface area (Å²) in [5.74, 6) is 0. The molecule has 0 N–H and O–H groups in total. The molecule has 0 atom stereocenters. The van der Waals surface area contributed by atoms with Crippen molar-refractivity contribution in [3.8, 4) is 11.8 Å². The van der Waals surface area contributed by atoms with Crippen LogP contribution in [0.1, 0.15) is 11.1 Å². The van der Waals surface area contributed by atoms with Gasteiger partial charge < -0.3 is 0 Å². The van der Waals surface area contributed by atoms with Gasteiger partial charge in [-0.25, -0.2) is 0 Å². The van der Waals surface area contributed by atoms with Gasteiger partial charge in [-0.05, 0) is 30.2 Å². The molecule has 1 heterocycles. The van der Waals surface area contributed by atoms with Crippen LogP contribution in [0.4, 0.5) is 17.6 Å². The summed E-state index contributed by atoms with van der Waals surface area (Å²) in [6.07, 6.45) is -3.10. The number of aromatic nitrogens is 1. The zero-order valence-electron chi connectivity index (χ0n) is 12.8. The molecule has 0 saturated carbocycles. The molecule has 2 nitrogen and oxygen atoms in total. The molecule has 0 radical (unpaired) electrons. The summed E-state index contributed by atoms with van der Waals surface area (Å²) in [5.41, 5.74) is -1.34. The SMILES string of the molecule is CSc1c(SC(F)(Cl)Cl)c(C#N)c(Cl)n1-c1c(Cl)cc(C(F)(F)F)cc1Cl. The number of halogens is 9. The van der Waals surface area contributed by atoms with E-state index in [0.717, 1.165) is 16.3 Å². The van der Waals surface area contributed by atoms with Crippen molar-refractivity contribution in [1.82, 2.24) is 4.57 Å². The molecule has 0 bridgehead atoms. The molecular weight excluding hydrogens is 514 g/mol. The maximum absolute atomic E-state index is 13.7. The van der Waals surface area contributed by atoms with E-state index in [1.807, 2.05) is 0 Å². The number of rotatable bonds is 4. The average molecular weight is 519 g/mol. The number of thioether (sulfide) groups is 2. The zero-order valence-corrected chi connectivity index (χ0v) is 18.2. The minimum atomic E-state index is -4.67. The van der Waals surface area contributed by atoms with Crippen LogP contribution in [0.5, 0.6) is 0 Å². The summed E-state index contributed by atoms with van der Waals surface area (Å²) in [6.45, 7) is 0. The lowest BCUT2D eigenvalue weighted by Gasteiger charge is -2.16. The Hall–Kier alpha value is -0.140. The third kappa shape index (κ3) is 4.89. The molecule has 0 aliphatic rings. The monoisotopic (exact) mass is 516 g/mol. The summed E-state index contributed by atoms with van der Waals surface area (Å²) >= 11 is 30.3. The van der Waals surface area contributed by atoms with Gasteiger partial charge in [-0.3, -0.25) is 4.57 Å². The topological polar surface area (TPSA) is 28.7 Å².